The number of nitrogens with zero attached hydrogens (tertiary/aromatic N) is 3. The minimum absolute atomic E-state index is 0.0765. The number of piperazine rings is 1. The van der Waals surface area contributed by atoms with Gasteiger partial charge in [0.15, 0.2) is 6.54 Å². The molecule has 0 spiro atoms. The maximum absolute atomic E-state index is 12.5. The van der Waals surface area contributed by atoms with Crippen LogP contribution in [-0.4, -0.2) is 85.3 Å². The number of amides is 1. The Hall–Kier alpha value is -2.23. The first-order chi connectivity index (χ1) is 11.8. The SMILES string of the molecule is CN1CC[N+](C)(CC(=O)Nc2cc([N+](=O)[O-])ccc2NCCO)CC1. The molecular formula is C16H26N5O4+. The topological polar surface area (TPSA) is 108 Å². The number of nitro groups is 1. The van der Waals surface area contributed by atoms with E-state index >= 15 is 0 Å². The van der Waals surface area contributed by atoms with Crippen LogP contribution in [0.15, 0.2) is 18.2 Å². The zero-order chi connectivity index (χ0) is 18.4. The Morgan fingerprint density at radius 2 is 2.04 bits per heavy atom. The summed E-state index contributed by atoms with van der Waals surface area (Å²) < 4.78 is 0.643. The molecular weight excluding hydrogens is 326 g/mol. The molecule has 0 atom stereocenters. The maximum Gasteiger partial charge on any atom is 0.279 e. The molecule has 1 saturated heterocycles. The number of nitro benzene ring substituents is 1. The Balaban J connectivity index is 2.09. The number of carbonyl (C=O) groups excluding carboxylic acids is 1. The van der Waals surface area contributed by atoms with E-state index in [-0.39, 0.29) is 18.2 Å². The summed E-state index contributed by atoms with van der Waals surface area (Å²) >= 11 is 0. The lowest BCUT2D eigenvalue weighted by Crippen LogP contribution is -2.58. The lowest BCUT2D eigenvalue weighted by atomic mass is 10.2. The monoisotopic (exact) mass is 352 g/mol. The molecule has 0 radical (unpaired) electrons. The summed E-state index contributed by atoms with van der Waals surface area (Å²) in [6.45, 7) is 4.17. The zero-order valence-corrected chi connectivity index (χ0v) is 14.7. The number of aliphatic hydroxyl groups excluding tert-OH is 1. The molecule has 0 aliphatic carbocycles. The molecule has 1 heterocycles. The number of likely N-dealkylation sites (N-methyl/N-ethyl adjacent to an activating group) is 2. The zero-order valence-electron chi connectivity index (χ0n) is 14.7. The fourth-order valence-electron chi connectivity index (χ4n) is 2.84. The van der Waals surface area contributed by atoms with Gasteiger partial charge >= 0.3 is 0 Å². The fourth-order valence-corrected chi connectivity index (χ4v) is 2.84. The molecule has 0 bridgehead atoms. The molecule has 3 N–H and O–H groups in total. The Kier molecular flexibility index (Phi) is 6.29. The normalized spacial score (nSPS) is 17.1. The van der Waals surface area contributed by atoms with E-state index in [1.807, 2.05) is 7.05 Å². The summed E-state index contributed by atoms with van der Waals surface area (Å²) in [7, 11) is 4.11. The quantitative estimate of drug-likeness (QED) is 0.371. The number of anilines is 2. The van der Waals surface area contributed by atoms with Crippen molar-refractivity contribution in [1.82, 2.24) is 4.90 Å². The van der Waals surface area contributed by atoms with Gasteiger partial charge in [-0.05, 0) is 13.1 Å². The lowest BCUT2D eigenvalue weighted by Gasteiger charge is -2.40. The van der Waals surface area contributed by atoms with Crippen molar-refractivity contribution < 1.29 is 19.3 Å². The van der Waals surface area contributed by atoms with E-state index in [9.17, 15) is 14.9 Å². The highest BCUT2D eigenvalue weighted by molar-refractivity contribution is 5.95. The second-order valence-corrected chi connectivity index (χ2v) is 6.71. The molecule has 1 aromatic carbocycles. The minimum atomic E-state index is -0.500. The summed E-state index contributed by atoms with van der Waals surface area (Å²) in [6.07, 6.45) is 0. The van der Waals surface area contributed by atoms with Crippen molar-refractivity contribution in [3.05, 3.63) is 28.3 Å². The average Bonchev–Trinajstić information content (AvgIpc) is 2.56. The summed E-state index contributed by atoms with van der Waals surface area (Å²) in [5, 5.41) is 25.7. The van der Waals surface area contributed by atoms with Gasteiger partial charge < -0.3 is 20.2 Å². The number of carbonyl (C=O) groups is 1. The average molecular weight is 352 g/mol. The van der Waals surface area contributed by atoms with Crippen LogP contribution >= 0.6 is 0 Å². The van der Waals surface area contributed by atoms with E-state index < -0.39 is 4.92 Å². The maximum atomic E-state index is 12.5. The molecule has 138 valence electrons. The van der Waals surface area contributed by atoms with Gasteiger partial charge in [0.25, 0.3) is 11.6 Å². The van der Waals surface area contributed by atoms with Crippen LogP contribution in [-0.2, 0) is 4.79 Å². The van der Waals surface area contributed by atoms with Crippen LogP contribution in [0.2, 0.25) is 0 Å². The minimum Gasteiger partial charge on any atom is -0.395 e. The van der Waals surface area contributed by atoms with Crippen molar-refractivity contribution in [1.29, 1.82) is 0 Å². The molecule has 2 rings (SSSR count). The molecule has 0 saturated carbocycles. The first kappa shape index (κ1) is 19.1. The third-order valence-corrected chi connectivity index (χ3v) is 4.48. The number of non-ortho nitro benzene ring substituents is 1. The van der Waals surface area contributed by atoms with Gasteiger partial charge in [-0.2, -0.15) is 0 Å². The predicted molar refractivity (Wildman–Crippen MR) is 95.6 cm³/mol. The second-order valence-electron chi connectivity index (χ2n) is 6.71. The molecule has 1 fully saturated rings. The molecule has 0 aromatic heterocycles. The first-order valence-corrected chi connectivity index (χ1v) is 8.28. The fraction of sp³-hybridized carbons (Fsp3) is 0.562. The van der Waals surface area contributed by atoms with E-state index in [0.717, 1.165) is 26.2 Å². The number of benzene rings is 1. The number of hydrogen-bond acceptors (Lipinski definition) is 6. The molecule has 9 nitrogen and oxygen atoms in total. The van der Waals surface area contributed by atoms with Gasteiger partial charge in [0, 0.05) is 31.8 Å². The van der Waals surface area contributed by atoms with Gasteiger partial charge in [-0.3, -0.25) is 19.8 Å². The molecule has 1 amide bonds. The van der Waals surface area contributed by atoms with Gasteiger partial charge in [0.2, 0.25) is 0 Å². The number of nitrogens with one attached hydrogen (secondary N) is 2. The molecule has 9 heteroatoms. The van der Waals surface area contributed by atoms with E-state index in [0.29, 0.717) is 28.9 Å². The van der Waals surface area contributed by atoms with Gasteiger partial charge in [0.1, 0.15) is 0 Å². The Labute approximate surface area is 147 Å². The van der Waals surface area contributed by atoms with Gasteiger partial charge in [-0.15, -0.1) is 0 Å². The Morgan fingerprint density at radius 1 is 1.36 bits per heavy atom. The number of rotatable bonds is 7. The Morgan fingerprint density at radius 3 is 2.64 bits per heavy atom. The van der Waals surface area contributed by atoms with Gasteiger partial charge in [0.05, 0.1) is 43.0 Å². The second kappa shape index (κ2) is 8.24. The van der Waals surface area contributed by atoms with Crippen LogP contribution in [0.4, 0.5) is 17.1 Å². The van der Waals surface area contributed by atoms with E-state index in [4.69, 9.17) is 5.11 Å². The molecule has 1 aliphatic rings. The molecule has 25 heavy (non-hydrogen) atoms. The number of hydrogen-bond donors (Lipinski definition) is 3. The highest BCUT2D eigenvalue weighted by atomic mass is 16.6. The number of aliphatic hydroxyl groups is 1. The van der Waals surface area contributed by atoms with E-state index in [1.165, 1.54) is 18.2 Å². The van der Waals surface area contributed by atoms with Gasteiger partial charge in [-0.25, -0.2) is 0 Å². The van der Waals surface area contributed by atoms with Crippen LogP contribution < -0.4 is 10.6 Å². The predicted octanol–water partition coefficient (Wildman–Crippen LogP) is 0.330. The van der Waals surface area contributed by atoms with Crippen LogP contribution in [0.1, 0.15) is 0 Å². The third-order valence-electron chi connectivity index (χ3n) is 4.48. The van der Waals surface area contributed by atoms with Crippen molar-refractivity contribution in [2.24, 2.45) is 0 Å². The molecule has 1 aliphatic heterocycles. The highest BCUT2D eigenvalue weighted by Gasteiger charge is 2.30. The first-order valence-electron chi connectivity index (χ1n) is 8.28. The largest absolute Gasteiger partial charge is 0.395 e. The van der Waals surface area contributed by atoms with Crippen molar-refractivity contribution in [3.63, 3.8) is 0 Å². The highest BCUT2D eigenvalue weighted by Crippen LogP contribution is 2.27. The van der Waals surface area contributed by atoms with Crippen molar-refractivity contribution in [2.45, 2.75) is 0 Å². The molecule has 1 aromatic rings. The third kappa shape index (κ3) is 5.38. The summed E-state index contributed by atoms with van der Waals surface area (Å²) in [6, 6.07) is 4.24. The summed E-state index contributed by atoms with van der Waals surface area (Å²) in [5.74, 6) is -0.181. The van der Waals surface area contributed by atoms with Crippen molar-refractivity contribution in [2.75, 3.05) is 70.6 Å². The number of quaternary nitrogens is 1. The van der Waals surface area contributed by atoms with Crippen LogP contribution in [0.5, 0.6) is 0 Å². The Bertz CT molecular complexity index is 629. The smallest absolute Gasteiger partial charge is 0.279 e. The van der Waals surface area contributed by atoms with Crippen LogP contribution in [0, 0.1) is 10.1 Å². The van der Waals surface area contributed by atoms with Crippen LogP contribution in [0.25, 0.3) is 0 Å². The van der Waals surface area contributed by atoms with Crippen LogP contribution in [0.3, 0.4) is 0 Å². The molecule has 0 unspecified atom stereocenters. The standard InChI is InChI=1S/C16H25N5O4/c1-19-6-8-21(2,9-7-19)12-16(23)18-15-11-13(20(24)25)3-4-14(15)17-5-10-22/h3-4,11,17,22H,5-10,12H2,1-2H3/p+1. The van der Waals surface area contributed by atoms with Crippen molar-refractivity contribution >= 4 is 23.0 Å². The van der Waals surface area contributed by atoms with E-state index in [2.05, 4.69) is 22.6 Å². The lowest BCUT2D eigenvalue weighted by molar-refractivity contribution is -0.905. The summed E-state index contributed by atoms with van der Waals surface area (Å²) in [4.78, 5) is 25.2. The summed E-state index contributed by atoms with van der Waals surface area (Å²) in [5.41, 5.74) is 0.812. The van der Waals surface area contributed by atoms with Gasteiger partial charge in [-0.1, -0.05) is 0 Å². The van der Waals surface area contributed by atoms with E-state index in [1.54, 1.807) is 0 Å². The van der Waals surface area contributed by atoms with Crippen molar-refractivity contribution in [3.8, 4) is 0 Å².